The number of aromatic nitrogens is 2. The third-order valence-electron chi connectivity index (χ3n) is 2.29. The predicted molar refractivity (Wildman–Crippen MR) is 66.7 cm³/mol. The quantitative estimate of drug-likeness (QED) is 0.896. The molecule has 5 nitrogen and oxygen atoms in total. The number of anilines is 1. The number of nitrogens with zero attached hydrogens (tertiary/aromatic N) is 2. The van der Waals surface area contributed by atoms with Crippen LogP contribution in [-0.2, 0) is 6.42 Å². The second kappa shape index (κ2) is 5.01. The summed E-state index contributed by atoms with van der Waals surface area (Å²) in [6.07, 6.45) is 0.690. The zero-order valence-electron chi connectivity index (χ0n) is 9.64. The molecule has 0 aliphatic heterocycles. The van der Waals surface area contributed by atoms with Crippen LogP contribution in [-0.4, -0.2) is 23.6 Å². The van der Waals surface area contributed by atoms with E-state index in [1.54, 1.807) is 14.2 Å². The van der Waals surface area contributed by atoms with Crippen molar-refractivity contribution in [3.63, 3.8) is 0 Å². The molecule has 0 radical (unpaired) electrons. The lowest BCUT2D eigenvalue weighted by Crippen LogP contribution is -1.94. The van der Waals surface area contributed by atoms with Crippen LogP contribution in [0.1, 0.15) is 10.6 Å². The molecule has 1 aromatic carbocycles. The Morgan fingerprint density at radius 2 is 2.00 bits per heavy atom. The lowest BCUT2D eigenvalue weighted by molar-refractivity contribution is 0.354. The Morgan fingerprint density at radius 3 is 2.59 bits per heavy atom. The van der Waals surface area contributed by atoms with E-state index in [1.165, 1.54) is 11.5 Å². The zero-order chi connectivity index (χ0) is 12.3. The minimum absolute atomic E-state index is 0.325. The topological polar surface area (TPSA) is 70.3 Å². The number of rotatable bonds is 4. The van der Waals surface area contributed by atoms with Crippen LogP contribution in [0, 0.1) is 0 Å². The lowest BCUT2D eigenvalue weighted by Gasteiger charge is -2.08. The Morgan fingerprint density at radius 1 is 1.24 bits per heavy atom. The lowest BCUT2D eigenvalue weighted by atomic mass is 10.1. The van der Waals surface area contributed by atoms with Crippen molar-refractivity contribution in [1.29, 1.82) is 0 Å². The summed E-state index contributed by atoms with van der Waals surface area (Å²) in [7, 11) is 3.23. The molecule has 0 aliphatic rings. The van der Waals surface area contributed by atoms with Crippen LogP contribution in [0.2, 0.25) is 0 Å². The van der Waals surface area contributed by atoms with Gasteiger partial charge in [-0.1, -0.05) is 6.07 Å². The van der Waals surface area contributed by atoms with Crippen LogP contribution in [0.4, 0.5) is 5.95 Å². The van der Waals surface area contributed by atoms with E-state index in [4.69, 9.17) is 15.2 Å². The molecular formula is C11H13N3O2S. The molecule has 2 N–H and O–H groups in total. The van der Waals surface area contributed by atoms with Crippen molar-refractivity contribution in [3.8, 4) is 11.5 Å². The van der Waals surface area contributed by atoms with Gasteiger partial charge in [0.05, 0.1) is 14.2 Å². The molecule has 1 heterocycles. The van der Waals surface area contributed by atoms with Crippen LogP contribution in [0.15, 0.2) is 18.2 Å². The molecule has 0 bridgehead atoms. The van der Waals surface area contributed by atoms with Gasteiger partial charge < -0.3 is 15.2 Å². The first-order chi connectivity index (χ1) is 8.22. The fraction of sp³-hybridized carbons (Fsp3) is 0.273. The van der Waals surface area contributed by atoms with Gasteiger partial charge in [0.15, 0.2) is 11.5 Å². The maximum atomic E-state index is 5.48. The molecule has 0 fully saturated rings. The highest BCUT2D eigenvalue weighted by Gasteiger charge is 2.07. The minimum Gasteiger partial charge on any atom is -0.493 e. The summed E-state index contributed by atoms with van der Waals surface area (Å²) in [6.45, 7) is 0. The molecule has 0 saturated carbocycles. The minimum atomic E-state index is 0.325. The van der Waals surface area contributed by atoms with Gasteiger partial charge in [-0.25, -0.2) is 4.98 Å². The molecule has 0 atom stereocenters. The average Bonchev–Trinajstić information content (AvgIpc) is 2.74. The average molecular weight is 251 g/mol. The molecular weight excluding hydrogens is 238 g/mol. The molecule has 17 heavy (non-hydrogen) atoms. The molecule has 0 unspecified atom stereocenters. The molecule has 2 rings (SSSR count). The molecule has 0 aliphatic carbocycles. The summed E-state index contributed by atoms with van der Waals surface area (Å²) in [5.74, 6) is 1.75. The summed E-state index contributed by atoms with van der Waals surface area (Å²) >= 11 is 1.31. The van der Waals surface area contributed by atoms with Crippen LogP contribution in [0.5, 0.6) is 11.5 Å². The number of nitrogen functional groups attached to an aromatic ring is 1. The van der Waals surface area contributed by atoms with E-state index < -0.39 is 0 Å². The van der Waals surface area contributed by atoms with Crippen LogP contribution in [0.3, 0.4) is 0 Å². The largest absolute Gasteiger partial charge is 0.493 e. The standard InChI is InChI=1S/C11H13N3O2S/c1-15-8-4-3-7(5-9(8)16-2)6-10-13-11(12)14-17-10/h3-5H,6H2,1-2H3,(H2,12,14). The molecule has 0 amide bonds. The normalized spacial score (nSPS) is 10.2. The van der Waals surface area contributed by atoms with E-state index >= 15 is 0 Å². The second-order valence-electron chi connectivity index (χ2n) is 3.41. The van der Waals surface area contributed by atoms with Crippen LogP contribution < -0.4 is 15.2 Å². The number of hydrogen-bond acceptors (Lipinski definition) is 6. The van der Waals surface area contributed by atoms with Gasteiger partial charge in [-0.05, 0) is 29.2 Å². The number of nitrogens with two attached hydrogens (primary N) is 1. The highest BCUT2D eigenvalue weighted by Crippen LogP contribution is 2.28. The first-order valence-electron chi connectivity index (χ1n) is 5.02. The van der Waals surface area contributed by atoms with Gasteiger partial charge in [0.2, 0.25) is 5.95 Å². The Hall–Kier alpha value is -1.82. The SMILES string of the molecule is COc1ccc(Cc2nc(N)ns2)cc1OC. The molecule has 0 spiro atoms. The summed E-state index contributed by atoms with van der Waals surface area (Å²) in [4.78, 5) is 4.12. The van der Waals surface area contributed by atoms with Crippen molar-refractivity contribution >= 4 is 17.5 Å². The summed E-state index contributed by atoms with van der Waals surface area (Å²) in [5.41, 5.74) is 6.56. The fourth-order valence-electron chi connectivity index (χ4n) is 1.51. The highest BCUT2D eigenvalue weighted by atomic mass is 32.1. The third-order valence-corrected chi connectivity index (χ3v) is 3.01. The van der Waals surface area contributed by atoms with Crippen molar-refractivity contribution < 1.29 is 9.47 Å². The van der Waals surface area contributed by atoms with E-state index in [9.17, 15) is 0 Å². The van der Waals surface area contributed by atoms with Crippen molar-refractivity contribution in [2.24, 2.45) is 0 Å². The van der Waals surface area contributed by atoms with E-state index in [0.29, 0.717) is 23.9 Å². The highest BCUT2D eigenvalue weighted by molar-refractivity contribution is 7.05. The van der Waals surface area contributed by atoms with E-state index in [1.807, 2.05) is 18.2 Å². The van der Waals surface area contributed by atoms with Crippen LogP contribution in [0.25, 0.3) is 0 Å². The monoisotopic (exact) mass is 251 g/mol. The maximum Gasteiger partial charge on any atom is 0.232 e. The predicted octanol–water partition coefficient (Wildman–Crippen LogP) is 1.73. The molecule has 6 heteroatoms. The number of ether oxygens (including phenoxy) is 2. The molecule has 90 valence electrons. The van der Waals surface area contributed by atoms with Gasteiger partial charge in [0.25, 0.3) is 0 Å². The Balaban J connectivity index is 2.22. The van der Waals surface area contributed by atoms with Gasteiger partial charge in [-0.15, -0.1) is 0 Å². The van der Waals surface area contributed by atoms with Gasteiger partial charge in [0.1, 0.15) is 5.01 Å². The van der Waals surface area contributed by atoms with Crippen LogP contribution >= 0.6 is 11.5 Å². The van der Waals surface area contributed by atoms with Gasteiger partial charge in [0, 0.05) is 6.42 Å². The summed E-state index contributed by atoms with van der Waals surface area (Å²) in [6, 6.07) is 5.77. The first kappa shape index (κ1) is 11.7. The Labute approximate surface area is 103 Å². The van der Waals surface area contributed by atoms with E-state index in [2.05, 4.69) is 9.36 Å². The summed E-state index contributed by atoms with van der Waals surface area (Å²) < 4.78 is 14.4. The maximum absolute atomic E-state index is 5.48. The van der Waals surface area contributed by atoms with Crippen molar-refractivity contribution in [2.45, 2.75) is 6.42 Å². The van der Waals surface area contributed by atoms with Gasteiger partial charge in [-0.3, -0.25) is 0 Å². The summed E-state index contributed by atoms with van der Waals surface area (Å²) in [5, 5.41) is 0.884. The van der Waals surface area contributed by atoms with Crippen molar-refractivity contribution in [2.75, 3.05) is 20.0 Å². The smallest absolute Gasteiger partial charge is 0.232 e. The zero-order valence-corrected chi connectivity index (χ0v) is 10.5. The Kier molecular flexibility index (Phi) is 3.43. The number of benzene rings is 1. The number of methoxy groups -OCH3 is 2. The Bertz CT molecular complexity index is 513. The first-order valence-corrected chi connectivity index (χ1v) is 5.79. The van der Waals surface area contributed by atoms with E-state index in [0.717, 1.165) is 10.6 Å². The second-order valence-corrected chi connectivity index (χ2v) is 4.25. The van der Waals surface area contributed by atoms with Crippen molar-refractivity contribution in [1.82, 2.24) is 9.36 Å². The third kappa shape index (κ3) is 2.65. The number of hydrogen-bond donors (Lipinski definition) is 1. The van der Waals surface area contributed by atoms with E-state index in [-0.39, 0.29) is 0 Å². The van der Waals surface area contributed by atoms with Gasteiger partial charge >= 0.3 is 0 Å². The molecule has 0 saturated heterocycles. The molecule has 1 aromatic heterocycles. The van der Waals surface area contributed by atoms with Crippen molar-refractivity contribution in [3.05, 3.63) is 28.8 Å². The van der Waals surface area contributed by atoms with Gasteiger partial charge in [-0.2, -0.15) is 4.37 Å². The fourth-order valence-corrected chi connectivity index (χ4v) is 2.11. The molecule has 2 aromatic rings.